The number of fused-ring (bicyclic) bond motifs is 1. The smallest absolute Gasteiger partial charge is 0.269 e. The van der Waals surface area contributed by atoms with E-state index in [0.717, 1.165) is 11.1 Å². The highest BCUT2D eigenvalue weighted by Crippen LogP contribution is 2.28. The maximum atomic E-state index is 12.5. The molecule has 8 nitrogen and oxygen atoms in total. The average molecular weight is 441 g/mol. The second-order valence-corrected chi connectivity index (χ2v) is 7.42. The fourth-order valence-electron chi connectivity index (χ4n) is 3.37. The van der Waals surface area contributed by atoms with E-state index >= 15 is 0 Å². The van der Waals surface area contributed by atoms with Crippen LogP contribution in [0, 0.1) is 0 Å². The molecule has 160 valence electrons. The number of aromatic nitrogens is 2. The van der Waals surface area contributed by atoms with Crippen LogP contribution in [0.4, 0.5) is 0 Å². The number of hydrogen-bond donors (Lipinski definition) is 2. The molecule has 0 saturated heterocycles. The zero-order valence-corrected chi connectivity index (χ0v) is 17.6. The number of benzene rings is 2. The van der Waals surface area contributed by atoms with Crippen LogP contribution in [0.25, 0.3) is 11.3 Å². The summed E-state index contributed by atoms with van der Waals surface area (Å²) >= 11 is 6.06. The van der Waals surface area contributed by atoms with Crippen molar-refractivity contribution in [2.75, 3.05) is 26.8 Å². The molecule has 0 unspecified atom stereocenters. The van der Waals surface area contributed by atoms with Crippen molar-refractivity contribution < 1.29 is 19.1 Å². The molecule has 2 N–H and O–H groups in total. The number of aromatic amines is 1. The van der Waals surface area contributed by atoms with Crippen molar-refractivity contribution in [3.8, 4) is 22.8 Å². The van der Waals surface area contributed by atoms with Gasteiger partial charge < -0.3 is 19.7 Å². The molecule has 0 saturated carbocycles. The normalized spacial score (nSPS) is 13.2. The van der Waals surface area contributed by atoms with Gasteiger partial charge in [0, 0.05) is 35.8 Å². The van der Waals surface area contributed by atoms with Crippen LogP contribution < -0.4 is 14.8 Å². The monoisotopic (exact) mass is 440 g/mol. The number of nitrogens with one attached hydrogen (secondary N) is 2. The Balaban J connectivity index is 1.37. The number of carbonyl (C=O) groups is 2. The van der Waals surface area contributed by atoms with Gasteiger partial charge >= 0.3 is 0 Å². The number of para-hydroxylation sites is 1. The topological polar surface area (TPSA) is 96.5 Å². The van der Waals surface area contributed by atoms with Gasteiger partial charge in [-0.25, -0.2) is 0 Å². The number of nitrogens with zero attached hydrogens (tertiary/aromatic N) is 2. The minimum atomic E-state index is -0.310. The van der Waals surface area contributed by atoms with E-state index in [1.807, 2.05) is 24.3 Å². The van der Waals surface area contributed by atoms with Crippen LogP contribution in [0.5, 0.6) is 11.5 Å². The highest BCUT2D eigenvalue weighted by atomic mass is 35.5. The molecule has 2 amide bonds. The Morgan fingerprint density at radius 3 is 2.97 bits per heavy atom. The van der Waals surface area contributed by atoms with E-state index < -0.39 is 0 Å². The van der Waals surface area contributed by atoms with Crippen molar-refractivity contribution in [2.45, 2.75) is 6.54 Å². The maximum Gasteiger partial charge on any atom is 0.269 e. The van der Waals surface area contributed by atoms with E-state index in [-0.39, 0.29) is 25.0 Å². The van der Waals surface area contributed by atoms with Gasteiger partial charge in [-0.3, -0.25) is 14.7 Å². The fraction of sp³-hybridized carbons (Fsp3) is 0.227. The SMILES string of the molecule is COc1ccccc1-c1cc(C(=O)NCCN2Cc3cc(Cl)ccc3OCC2=O)[nH]n1. The Bertz CT molecular complexity index is 1110. The molecule has 0 radical (unpaired) electrons. The molecule has 1 aliphatic rings. The third-order valence-electron chi connectivity index (χ3n) is 4.96. The van der Waals surface area contributed by atoms with Crippen molar-refractivity contribution in [2.24, 2.45) is 0 Å². The molecule has 0 atom stereocenters. The van der Waals surface area contributed by atoms with Crippen molar-refractivity contribution in [3.05, 3.63) is 64.8 Å². The number of methoxy groups -OCH3 is 1. The Kier molecular flexibility index (Phi) is 6.08. The first-order chi connectivity index (χ1) is 15.0. The molecule has 3 aromatic rings. The Morgan fingerprint density at radius 1 is 1.29 bits per heavy atom. The van der Waals surface area contributed by atoms with Crippen LogP contribution in [0.2, 0.25) is 5.02 Å². The van der Waals surface area contributed by atoms with Gasteiger partial charge in [-0.05, 0) is 36.4 Å². The van der Waals surface area contributed by atoms with E-state index in [9.17, 15) is 9.59 Å². The predicted octanol–water partition coefficient (Wildman–Crippen LogP) is 2.89. The van der Waals surface area contributed by atoms with Gasteiger partial charge in [-0.15, -0.1) is 0 Å². The van der Waals surface area contributed by atoms with Gasteiger partial charge in [0.25, 0.3) is 11.8 Å². The zero-order valence-electron chi connectivity index (χ0n) is 16.9. The molecule has 2 heterocycles. The fourth-order valence-corrected chi connectivity index (χ4v) is 3.57. The van der Waals surface area contributed by atoms with Crippen molar-refractivity contribution in [3.63, 3.8) is 0 Å². The van der Waals surface area contributed by atoms with Crippen LogP contribution in [0.1, 0.15) is 16.1 Å². The first-order valence-electron chi connectivity index (χ1n) is 9.71. The van der Waals surface area contributed by atoms with Gasteiger partial charge in [-0.2, -0.15) is 5.10 Å². The van der Waals surface area contributed by atoms with Gasteiger partial charge in [0.1, 0.15) is 17.2 Å². The highest BCUT2D eigenvalue weighted by molar-refractivity contribution is 6.30. The largest absolute Gasteiger partial charge is 0.496 e. The summed E-state index contributed by atoms with van der Waals surface area (Å²) < 4.78 is 10.9. The summed E-state index contributed by atoms with van der Waals surface area (Å²) in [7, 11) is 1.58. The molecule has 0 aliphatic carbocycles. The molecule has 9 heteroatoms. The number of carbonyl (C=O) groups excluding carboxylic acids is 2. The highest BCUT2D eigenvalue weighted by Gasteiger charge is 2.22. The maximum absolute atomic E-state index is 12.5. The van der Waals surface area contributed by atoms with Crippen molar-refractivity contribution in [1.82, 2.24) is 20.4 Å². The van der Waals surface area contributed by atoms with Gasteiger partial charge in [-0.1, -0.05) is 23.7 Å². The molecule has 4 rings (SSSR count). The second-order valence-electron chi connectivity index (χ2n) is 6.98. The molecular weight excluding hydrogens is 420 g/mol. The van der Waals surface area contributed by atoms with Crippen LogP contribution in [0.3, 0.4) is 0 Å². The Labute approximate surface area is 184 Å². The molecule has 1 aromatic heterocycles. The summed E-state index contributed by atoms with van der Waals surface area (Å²) in [6.45, 7) is 0.939. The number of rotatable bonds is 6. The Morgan fingerprint density at radius 2 is 2.13 bits per heavy atom. The first kappa shape index (κ1) is 20.7. The average Bonchev–Trinajstić information content (AvgIpc) is 3.22. The lowest BCUT2D eigenvalue weighted by atomic mass is 10.1. The summed E-state index contributed by atoms with van der Waals surface area (Å²) in [5, 5.41) is 10.4. The molecule has 0 fully saturated rings. The van der Waals surface area contributed by atoms with Crippen molar-refractivity contribution >= 4 is 23.4 Å². The minimum absolute atomic E-state index is 0.0502. The van der Waals surface area contributed by atoms with Crippen LogP contribution in [-0.2, 0) is 11.3 Å². The third-order valence-corrected chi connectivity index (χ3v) is 5.20. The van der Waals surface area contributed by atoms with Crippen LogP contribution >= 0.6 is 11.6 Å². The van der Waals surface area contributed by atoms with Gasteiger partial charge in [0.15, 0.2) is 6.61 Å². The predicted molar refractivity (Wildman–Crippen MR) is 115 cm³/mol. The number of ether oxygens (including phenoxy) is 2. The second kappa shape index (κ2) is 9.09. The van der Waals surface area contributed by atoms with E-state index in [2.05, 4.69) is 15.5 Å². The molecule has 2 aromatic carbocycles. The quantitative estimate of drug-likeness (QED) is 0.614. The molecular formula is C22H21ClN4O4. The van der Waals surface area contributed by atoms with Crippen molar-refractivity contribution in [1.29, 1.82) is 0 Å². The lowest BCUT2D eigenvalue weighted by Crippen LogP contribution is -2.39. The van der Waals surface area contributed by atoms with E-state index in [1.165, 1.54) is 0 Å². The zero-order chi connectivity index (χ0) is 21.8. The molecule has 1 aliphatic heterocycles. The standard InChI is InChI=1S/C22H21ClN4O4/c1-30-20-5-3-2-4-16(20)17-11-18(26-25-17)22(29)24-8-9-27-12-14-10-15(23)6-7-19(14)31-13-21(27)28/h2-7,10-11H,8-9,12-13H2,1H3,(H,24,29)(H,25,26). The Hall–Kier alpha value is -3.52. The lowest BCUT2D eigenvalue weighted by Gasteiger charge is -2.20. The van der Waals surface area contributed by atoms with E-state index in [0.29, 0.717) is 41.0 Å². The number of H-pyrrole nitrogens is 1. The van der Waals surface area contributed by atoms with Crippen LogP contribution in [-0.4, -0.2) is 53.7 Å². The van der Waals surface area contributed by atoms with Gasteiger partial charge in [0.2, 0.25) is 0 Å². The summed E-state index contributed by atoms with van der Waals surface area (Å²) in [6, 6.07) is 14.4. The summed E-state index contributed by atoms with van der Waals surface area (Å²) in [4.78, 5) is 26.5. The lowest BCUT2D eigenvalue weighted by molar-refractivity contribution is -0.133. The first-order valence-corrected chi connectivity index (χ1v) is 10.1. The summed E-state index contributed by atoms with van der Waals surface area (Å²) in [6.07, 6.45) is 0. The summed E-state index contributed by atoms with van der Waals surface area (Å²) in [5.74, 6) is 0.853. The van der Waals surface area contributed by atoms with Crippen LogP contribution in [0.15, 0.2) is 48.5 Å². The third kappa shape index (κ3) is 4.64. The van der Waals surface area contributed by atoms with E-state index in [4.69, 9.17) is 21.1 Å². The van der Waals surface area contributed by atoms with E-state index in [1.54, 1.807) is 36.3 Å². The minimum Gasteiger partial charge on any atom is -0.496 e. The number of hydrogen-bond acceptors (Lipinski definition) is 5. The molecule has 0 spiro atoms. The summed E-state index contributed by atoms with van der Waals surface area (Å²) in [5.41, 5.74) is 2.55. The molecule has 31 heavy (non-hydrogen) atoms. The number of halogens is 1. The molecule has 0 bridgehead atoms. The van der Waals surface area contributed by atoms with Gasteiger partial charge in [0.05, 0.1) is 12.8 Å². The number of amides is 2.